The average molecular weight is 380 g/mol. The Balaban J connectivity index is 1.59. The summed E-state index contributed by atoms with van der Waals surface area (Å²) in [5.74, 6) is 0.103. The number of rotatable bonds is 3. The van der Waals surface area contributed by atoms with Gasteiger partial charge in [0.1, 0.15) is 0 Å². The summed E-state index contributed by atoms with van der Waals surface area (Å²) in [4.78, 5) is 7.71. The largest absolute Gasteiger partial charge is 0.256 e. The molecule has 1 unspecified atom stereocenters. The molecule has 7 heteroatoms. The molecule has 0 aliphatic rings. The lowest BCUT2D eigenvalue weighted by atomic mass is 10.1. The smallest absolute Gasteiger partial charge is 0.193 e. The second-order valence-electron chi connectivity index (χ2n) is 6.53. The second-order valence-corrected chi connectivity index (χ2v) is 6.53. The van der Waals surface area contributed by atoms with E-state index in [4.69, 9.17) is 6.57 Å². The van der Waals surface area contributed by atoms with E-state index in [1.165, 1.54) is 4.52 Å². The van der Waals surface area contributed by atoms with Crippen LogP contribution in [0.3, 0.4) is 0 Å². The fourth-order valence-electron chi connectivity index (χ4n) is 3.25. The molecule has 0 bridgehead atoms. The van der Waals surface area contributed by atoms with Gasteiger partial charge in [0.15, 0.2) is 23.3 Å². The first-order valence-electron chi connectivity index (χ1n) is 8.92. The van der Waals surface area contributed by atoms with Gasteiger partial charge in [-0.2, -0.15) is 9.61 Å². The highest BCUT2D eigenvalue weighted by Crippen LogP contribution is 2.28. The van der Waals surface area contributed by atoms with Gasteiger partial charge in [0.2, 0.25) is 0 Å². The van der Waals surface area contributed by atoms with E-state index in [0.29, 0.717) is 22.6 Å². The van der Waals surface area contributed by atoms with E-state index in [1.54, 1.807) is 54.7 Å². The summed E-state index contributed by atoms with van der Waals surface area (Å²) < 4.78 is 16.8. The van der Waals surface area contributed by atoms with Crippen molar-refractivity contribution >= 4 is 22.2 Å². The number of nitrogens with zero attached hydrogens (tertiary/aromatic N) is 6. The first kappa shape index (κ1) is 17.0. The van der Waals surface area contributed by atoms with Gasteiger partial charge in [-0.3, -0.25) is 4.98 Å². The second kappa shape index (κ2) is 6.77. The highest BCUT2D eigenvalue weighted by molar-refractivity contribution is 5.79. The predicted octanol–water partition coefficient (Wildman–Crippen LogP) is 4.95. The highest BCUT2D eigenvalue weighted by atomic mass is 19.1. The van der Waals surface area contributed by atoms with Gasteiger partial charge in [0.05, 0.1) is 17.8 Å². The lowest BCUT2D eigenvalue weighted by Crippen LogP contribution is -2.05. The Kier molecular flexibility index (Phi) is 3.96. The molecule has 5 rings (SSSR count). The highest BCUT2D eigenvalue weighted by Gasteiger charge is 2.21. The van der Waals surface area contributed by atoms with E-state index in [0.717, 1.165) is 16.5 Å². The van der Waals surface area contributed by atoms with Crippen LogP contribution in [0.1, 0.15) is 17.6 Å². The molecule has 0 radical (unpaired) electrons. The monoisotopic (exact) mass is 380 g/mol. The number of halogens is 1. The van der Waals surface area contributed by atoms with Crippen LogP contribution in [0.5, 0.6) is 0 Å². The summed E-state index contributed by atoms with van der Waals surface area (Å²) in [6.07, 6.45) is 0.210. The molecular weight excluding hydrogens is 367 g/mol. The van der Waals surface area contributed by atoms with Crippen LogP contribution in [-0.2, 0) is 0 Å². The van der Waals surface area contributed by atoms with Crippen LogP contribution in [0.25, 0.3) is 32.7 Å². The molecule has 0 aliphatic heterocycles. The van der Waals surface area contributed by atoms with Gasteiger partial charge in [0.25, 0.3) is 0 Å². The van der Waals surface area contributed by atoms with Gasteiger partial charge in [-0.25, -0.2) is 9.24 Å². The van der Waals surface area contributed by atoms with Gasteiger partial charge >= 0.3 is 0 Å². The standard InChI is InChI=1S/C22H13FN6/c1-24-17-6-2-4-15(13-17)19-9-10-20-26-27-22(29(20)28-19)21(23)16-7-8-18-14(12-16)5-3-11-25-18/h2-13,21H. The third-order valence-electron chi connectivity index (χ3n) is 4.70. The molecule has 0 N–H and O–H groups in total. The van der Waals surface area contributed by atoms with Crippen molar-refractivity contribution in [2.45, 2.75) is 6.17 Å². The van der Waals surface area contributed by atoms with Gasteiger partial charge in [-0.15, -0.1) is 10.2 Å². The maximum atomic E-state index is 15.4. The number of pyridine rings is 1. The molecule has 0 saturated heterocycles. The van der Waals surface area contributed by atoms with Crippen molar-refractivity contribution in [1.29, 1.82) is 0 Å². The SMILES string of the molecule is [C-]#[N+]c1cccc(-c2ccc3nnc(C(F)c4ccc5ncccc5c4)n3n2)c1. The molecule has 138 valence electrons. The van der Waals surface area contributed by atoms with Crippen molar-refractivity contribution in [2.75, 3.05) is 0 Å². The lowest BCUT2D eigenvalue weighted by Gasteiger charge is -2.09. The van der Waals surface area contributed by atoms with Crippen LogP contribution in [0.15, 0.2) is 72.9 Å². The van der Waals surface area contributed by atoms with Crippen molar-refractivity contribution < 1.29 is 4.39 Å². The number of benzene rings is 2. The number of hydrogen-bond acceptors (Lipinski definition) is 4. The van der Waals surface area contributed by atoms with Gasteiger partial charge in [-0.1, -0.05) is 30.3 Å². The van der Waals surface area contributed by atoms with Crippen LogP contribution < -0.4 is 0 Å². The Morgan fingerprint density at radius 3 is 2.79 bits per heavy atom. The molecule has 0 aliphatic carbocycles. The number of alkyl halides is 1. The summed E-state index contributed by atoms with van der Waals surface area (Å²) in [5.41, 5.74) is 3.61. The molecule has 3 aromatic heterocycles. The van der Waals surface area contributed by atoms with E-state index in [2.05, 4.69) is 25.1 Å². The molecule has 0 amide bonds. The molecular formula is C22H13FN6. The molecule has 29 heavy (non-hydrogen) atoms. The average Bonchev–Trinajstić information content (AvgIpc) is 3.21. The van der Waals surface area contributed by atoms with Crippen LogP contribution in [0.2, 0.25) is 0 Å². The van der Waals surface area contributed by atoms with Crippen molar-refractivity contribution in [3.63, 3.8) is 0 Å². The van der Waals surface area contributed by atoms with Crippen LogP contribution in [0, 0.1) is 6.57 Å². The van der Waals surface area contributed by atoms with Gasteiger partial charge in [0, 0.05) is 11.6 Å². The lowest BCUT2D eigenvalue weighted by molar-refractivity contribution is 0.377. The predicted molar refractivity (Wildman–Crippen MR) is 107 cm³/mol. The Hall–Kier alpha value is -4.18. The molecule has 5 aromatic rings. The van der Waals surface area contributed by atoms with Crippen LogP contribution in [0.4, 0.5) is 10.1 Å². The Morgan fingerprint density at radius 2 is 1.90 bits per heavy atom. The van der Waals surface area contributed by atoms with Crippen LogP contribution in [-0.4, -0.2) is 24.8 Å². The molecule has 1 atom stereocenters. The summed E-state index contributed by atoms with van der Waals surface area (Å²) in [7, 11) is 0. The minimum atomic E-state index is -1.49. The molecule has 0 fully saturated rings. The maximum Gasteiger partial charge on any atom is 0.193 e. The molecule has 2 aromatic carbocycles. The van der Waals surface area contributed by atoms with Crippen molar-refractivity contribution in [3.8, 4) is 11.3 Å². The topological polar surface area (TPSA) is 60.3 Å². The quantitative estimate of drug-likeness (QED) is 0.416. The summed E-state index contributed by atoms with van der Waals surface area (Å²) in [5, 5.41) is 13.5. The normalized spacial score (nSPS) is 12.1. The first-order valence-corrected chi connectivity index (χ1v) is 8.92. The molecule has 3 heterocycles. The van der Waals surface area contributed by atoms with Crippen molar-refractivity contribution in [2.24, 2.45) is 0 Å². The van der Waals surface area contributed by atoms with E-state index in [9.17, 15) is 0 Å². The van der Waals surface area contributed by atoms with Crippen molar-refractivity contribution in [3.05, 3.63) is 95.7 Å². The van der Waals surface area contributed by atoms with E-state index in [-0.39, 0.29) is 5.82 Å². The summed E-state index contributed by atoms with van der Waals surface area (Å²) >= 11 is 0. The Morgan fingerprint density at radius 1 is 0.966 bits per heavy atom. The fraction of sp³-hybridized carbons (Fsp3) is 0.0455. The molecule has 6 nitrogen and oxygen atoms in total. The Labute approximate surface area is 165 Å². The van der Waals surface area contributed by atoms with Crippen LogP contribution >= 0.6 is 0 Å². The van der Waals surface area contributed by atoms with E-state index in [1.807, 2.05) is 18.2 Å². The zero-order valence-electron chi connectivity index (χ0n) is 15.1. The molecule has 0 spiro atoms. The fourth-order valence-corrected chi connectivity index (χ4v) is 3.25. The minimum absolute atomic E-state index is 0.103. The summed E-state index contributed by atoms with van der Waals surface area (Å²) in [6, 6.07) is 19.6. The number of aromatic nitrogens is 5. The zero-order valence-corrected chi connectivity index (χ0v) is 15.1. The minimum Gasteiger partial charge on any atom is -0.256 e. The number of fused-ring (bicyclic) bond motifs is 2. The number of hydrogen-bond donors (Lipinski definition) is 0. The van der Waals surface area contributed by atoms with Gasteiger partial charge in [-0.05, 0) is 47.5 Å². The third-order valence-corrected chi connectivity index (χ3v) is 4.70. The van der Waals surface area contributed by atoms with Crippen molar-refractivity contribution in [1.82, 2.24) is 24.8 Å². The van der Waals surface area contributed by atoms with E-state index < -0.39 is 6.17 Å². The van der Waals surface area contributed by atoms with Gasteiger partial charge < -0.3 is 0 Å². The molecule has 0 saturated carbocycles. The summed E-state index contributed by atoms with van der Waals surface area (Å²) in [6.45, 7) is 7.18. The Bertz CT molecular complexity index is 1400. The first-order chi connectivity index (χ1) is 14.2. The third kappa shape index (κ3) is 2.97. The van der Waals surface area contributed by atoms with E-state index >= 15 is 4.39 Å². The maximum absolute atomic E-state index is 15.4. The zero-order chi connectivity index (χ0) is 19.8.